The van der Waals surface area contributed by atoms with Gasteiger partial charge in [0.05, 0.1) is 17.4 Å². The lowest BCUT2D eigenvalue weighted by Gasteiger charge is -1.92. The second-order valence-electron chi connectivity index (χ2n) is 4.02. The molecule has 0 saturated heterocycles. The van der Waals surface area contributed by atoms with E-state index in [0.29, 0.717) is 11.3 Å². The number of carbonyl (C=O) groups excluding carboxylic acids is 1. The highest BCUT2D eigenvalue weighted by Crippen LogP contribution is 2.27. The number of thiophene rings is 1. The third kappa shape index (κ3) is 2.07. The van der Waals surface area contributed by atoms with Crippen LogP contribution in [0.3, 0.4) is 0 Å². The number of Topliss-reactive ketones (excluding diaryl/α,β-unsaturated/α-hetero) is 1. The number of halogens is 1. The SMILES string of the molecule is O=C(Cc1ccoc1)c1cc2cc(F)ccc2s1. The molecule has 0 amide bonds. The van der Waals surface area contributed by atoms with Gasteiger partial charge < -0.3 is 4.42 Å². The minimum atomic E-state index is -0.283. The van der Waals surface area contributed by atoms with Gasteiger partial charge in [0.1, 0.15) is 5.82 Å². The monoisotopic (exact) mass is 260 g/mol. The van der Waals surface area contributed by atoms with E-state index in [-0.39, 0.29) is 11.6 Å². The van der Waals surface area contributed by atoms with Crippen molar-refractivity contribution in [3.8, 4) is 0 Å². The number of benzene rings is 1. The van der Waals surface area contributed by atoms with E-state index in [0.717, 1.165) is 15.6 Å². The third-order valence-corrected chi connectivity index (χ3v) is 3.86. The van der Waals surface area contributed by atoms with Crippen LogP contribution in [0.5, 0.6) is 0 Å². The molecular formula is C14H9FO2S. The molecule has 0 aliphatic carbocycles. The van der Waals surface area contributed by atoms with Crippen LogP contribution in [-0.2, 0) is 6.42 Å². The molecule has 0 aliphatic rings. The first-order chi connectivity index (χ1) is 8.72. The summed E-state index contributed by atoms with van der Waals surface area (Å²) in [4.78, 5) is 12.7. The van der Waals surface area contributed by atoms with Crippen molar-refractivity contribution in [1.82, 2.24) is 0 Å². The van der Waals surface area contributed by atoms with Crippen LogP contribution in [0.25, 0.3) is 10.1 Å². The summed E-state index contributed by atoms with van der Waals surface area (Å²) in [5.41, 5.74) is 0.851. The molecule has 0 N–H and O–H groups in total. The van der Waals surface area contributed by atoms with Crippen LogP contribution >= 0.6 is 11.3 Å². The van der Waals surface area contributed by atoms with E-state index < -0.39 is 0 Å². The quantitative estimate of drug-likeness (QED) is 0.665. The molecule has 0 spiro atoms. The van der Waals surface area contributed by atoms with Gasteiger partial charge in [-0.1, -0.05) is 0 Å². The number of hydrogen-bond acceptors (Lipinski definition) is 3. The van der Waals surface area contributed by atoms with Crippen molar-refractivity contribution < 1.29 is 13.6 Å². The fraction of sp³-hybridized carbons (Fsp3) is 0.0714. The molecule has 1 aromatic carbocycles. The van der Waals surface area contributed by atoms with Crippen LogP contribution in [0.2, 0.25) is 0 Å². The van der Waals surface area contributed by atoms with Gasteiger partial charge in [-0.3, -0.25) is 4.79 Å². The van der Waals surface area contributed by atoms with Gasteiger partial charge in [-0.2, -0.15) is 0 Å². The fourth-order valence-corrected chi connectivity index (χ4v) is 2.80. The van der Waals surface area contributed by atoms with Crippen LogP contribution in [-0.4, -0.2) is 5.78 Å². The van der Waals surface area contributed by atoms with Gasteiger partial charge in [-0.15, -0.1) is 11.3 Å². The lowest BCUT2D eigenvalue weighted by atomic mass is 10.1. The molecule has 3 aromatic rings. The Kier molecular flexibility index (Phi) is 2.72. The van der Waals surface area contributed by atoms with Gasteiger partial charge in [-0.25, -0.2) is 4.39 Å². The zero-order chi connectivity index (χ0) is 12.5. The number of fused-ring (bicyclic) bond motifs is 1. The second kappa shape index (κ2) is 4.38. The Labute approximate surface area is 107 Å². The zero-order valence-corrected chi connectivity index (χ0v) is 10.2. The van der Waals surface area contributed by atoms with Crippen LogP contribution in [0, 0.1) is 5.82 Å². The first kappa shape index (κ1) is 11.2. The summed E-state index contributed by atoms with van der Waals surface area (Å²) in [7, 11) is 0. The minimum absolute atomic E-state index is 0.0259. The average Bonchev–Trinajstić information content (AvgIpc) is 2.96. The summed E-state index contributed by atoms with van der Waals surface area (Å²) >= 11 is 1.39. The Bertz CT molecular complexity index is 698. The first-order valence-electron chi connectivity index (χ1n) is 5.46. The topological polar surface area (TPSA) is 30.2 Å². The van der Waals surface area contributed by atoms with Crippen molar-refractivity contribution in [3.63, 3.8) is 0 Å². The van der Waals surface area contributed by atoms with E-state index in [1.807, 2.05) is 0 Å². The molecule has 2 nitrogen and oxygen atoms in total. The molecule has 4 heteroatoms. The van der Waals surface area contributed by atoms with E-state index in [9.17, 15) is 9.18 Å². The summed E-state index contributed by atoms with van der Waals surface area (Å²) in [6.07, 6.45) is 3.42. The van der Waals surface area contributed by atoms with E-state index in [2.05, 4.69) is 0 Å². The molecule has 3 rings (SSSR count). The molecule has 0 fully saturated rings. The van der Waals surface area contributed by atoms with E-state index >= 15 is 0 Å². The molecular weight excluding hydrogens is 251 g/mol. The summed E-state index contributed by atoms with van der Waals surface area (Å²) in [6, 6.07) is 8.06. The van der Waals surface area contributed by atoms with Gasteiger partial charge in [-0.05, 0) is 41.3 Å². The van der Waals surface area contributed by atoms with Gasteiger partial charge in [0.25, 0.3) is 0 Å². The molecule has 18 heavy (non-hydrogen) atoms. The van der Waals surface area contributed by atoms with Crippen LogP contribution in [0.15, 0.2) is 47.3 Å². The number of ketones is 1. The molecule has 0 saturated carbocycles. The Morgan fingerprint density at radius 3 is 2.94 bits per heavy atom. The second-order valence-corrected chi connectivity index (χ2v) is 5.11. The Hall–Kier alpha value is -1.94. The highest BCUT2D eigenvalue weighted by Gasteiger charge is 2.12. The number of rotatable bonds is 3. The van der Waals surface area contributed by atoms with Crippen molar-refractivity contribution >= 4 is 27.2 Å². The summed E-state index contributed by atoms with van der Waals surface area (Å²) in [5.74, 6) is -0.257. The van der Waals surface area contributed by atoms with Crippen molar-refractivity contribution in [2.75, 3.05) is 0 Å². The molecule has 0 bridgehead atoms. The van der Waals surface area contributed by atoms with Crippen LogP contribution < -0.4 is 0 Å². The normalized spacial score (nSPS) is 10.9. The maximum atomic E-state index is 13.1. The van der Waals surface area contributed by atoms with Gasteiger partial charge in [0.2, 0.25) is 0 Å². The van der Waals surface area contributed by atoms with Crippen molar-refractivity contribution in [3.05, 3.63) is 59.1 Å². The predicted octanol–water partition coefficient (Wildman–Crippen LogP) is 4.06. The largest absolute Gasteiger partial charge is 0.472 e. The first-order valence-corrected chi connectivity index (χ1v) is 6.27. The molecule has 2 aromatic heterocycles. The van der Waals surface area contributed by atoms with Crippen LogP contribution in [0.4, 0.5) is 4.39 Å². The van der Waals surface area contributed by atoms with E-state index in [1.54, 1.807) is 30.7 Å². The smallest absolute Gasteiger partial charge is 0.177 e. The Morgan fingerprint density at radius 2 is 2.17 bits per heavy atom. The summed E-state index contributed by atoms with van der Waals surface area (Å²) in [6.45, 7) is 0. The van der Waals surface area contributed by atoms with E-state index in [4.69, 9.17) is 4.42 Å². The van der Waals surface area contributed by atoms with E-state index in [1.165, 1.54) is 23.5 Å². The zero-order valence-electron chi connectivity index (χ0n) is 9.35. The Morgan fingerprint density at radius 1 is 1.28 bits per heavy atom. The summed E-state index contributed by atoms with van der Waals surface area (Å²) in [5, 5.41) is 0.774. The lowest BCUT2D eigenvalue weighted by Crippen LogP contribution is -1.99. The minimum Gasteiger partial charge on any atom is -0.472 e. The Balaban J connectivity index is 1.92. The highest BCUT2D eigenvalue weighted by molar-refractivity contribution is 7.20. The standard InChI is InChI=1S/C14H9FO2S/c15-11-1-2-13-10(6-11)7-14(18-13)12(16)5-9-3-4-17-8-9/h1-4,6-8H,5H2. The average molecular weight is 260 g/mol. The van der Waals surface area contributed by atoms with Gasteiger partial charge >= 0.3 is 0 Å². The molecule has 0 aliphatic heterocycles. The molecule has 0 radical (unpaired) electrons. The highest BCUT2D eigenvalue weighted by atomic mass is 32.1. The fourth-order valence-electron chi connectivity index (χ4n) is 1.82. The van der Waals surface area contributed by atoms with Gasteiger partial charge in [0.15, 0.2) is 5.78 Å². The van der Waals surface area contributed by atoms with Crippen LogP contribution in [0.1, 0.15) is 15.2 Å². The molecule has 2 heterocycles. The predicted molar refractivity (Wildman–Crippen MR) is 68.5 cm³/mol. The number of hydrogen-bond donors (Lipinski definition) is 0. The maximum Gasteiger partial charge on any atom is 0.177 e. The number of carbonyl (C=O) groups is 1. The number of furan rings is 1. The molecule has 0 atom stereocenters. The molecule has 0 unspecified atom stereocenters. The van der Waals surface area contributed by atoms with Crippen molar-refractivity contribution in [1.29, 1.82) is 0 Å². The maximum absolute atomic E-state index is 13.1. The third-order valence-electron chi connectivity index (χ3n) is 2.70. The molecule has 90 valence electrons. The van der Waals surface area contributed by atoms with Crippen molar-refractivity contribution in [2.24, 2.45) is 0 Å². The summed E-state index contributed by atoms with van der Waals surface area (Å²) < 4.78 is 18.9. The van der Waals surface area contributed by atoms with Crippen molar-refractivity contribution in [2.45, 2.75) is 6.42 Å². The van der Waals surface area contributed by atoms with Gasteiger partial charge in [0, 0.05) is 11.1 Å². The lowest BCUT2D eigenvalue weighted by molar-refractivity contribution is 0.0996.